The third-order valence-electron chi connectivity index (χ3n) is 3.58. The van der Waals surface area contributed by atoms with Crippen LogP contribution in [0.3, 0.4) is 0 Å². The molecular formula is C18H23IN2. The summed E-state index contributed by atoms with van der Waals surface area (Å²) in [5, 5.41) is 3.68. The smallest absolute Gasteiger partial charge is 0.0299 e. The van der Waals surface area contributed by atoms with Crippen molar-refractivity contribution in [3.8, 4) is 0 Å². The zero-order valence-corrected chi connectivity index (χ0v) is 14.7. The number of pyridine rings is 1. The average Bonchev–Trinajstić information content (AvgIpc) is 2.53. The molecule has 1 aromatic carbocycles. The van der Waals surface area contributed by atoms with Crippen LogP contribution < -0.4 is 5.32 Å². The van der Waals surface area contributed by atoms with E-state index >= 15 is 0 Å². The minimum atomic E-state index is 0.533. The lowest BCUT2D eigenvalue weighted by Gasteiger charge is -2.18. The highest BCUT2D eigenvalue weighted by Gasteiger charge is 2.09. The van der Waals surface area contributed by atoms with Gasteiger partial charge in [-0.05, 0) is 84.1 Å². The monoisotopic (exact) mass is 394 g/mol. The van der Waals surface area contributed by atoms with E-state index in [9.17, 15) is 0 Å². The van der Waals surface area contributed by atoms with Gasteiger partial charge in [-0.3, -0.25) is 4.98 Å². The molecule has 0 aliphatic rings. The minimum Gasteiger partial charge on any atom is -0.314 e. The molecule has 2 nitrogen and oxygen atoms in total. The van der Waals surface area contributed by atoms with Gasteiger partial charge in [-0.2, -0.15) is 0 Å². The number of halogens is 1. The van der Waals surface area contributed by atoms with Gasteiger partial charge in [0.25, 0.3) is 0 Å². The quantitative estimate of drug-likeness (QED) is 0.678. The van der Waals surface area contributed by atoms with Crippen LogP contribution in [0, 0.1) is 3.57 Å². The van der Waals surface area contributed by atoms with Crippen LogP contribution in [0.1, 0.15) is 30.9 Å². The van der Waals surface area contributed by atoms with Gasteiger partial charge in [0.15, 0.2) is 0 Å². The van der Waals surface area contributed by atoms with Gasteiger partial charge in [0.05, 0.1) is 0 Å². The molecule has 0 radical (unpaired) electrons. The van der Waals surface area contributed by atoms with Crippen molar-refractivity contribution in [3.05, 3.63) is 63.5 Å². The first-order valence-corrected chi connectivity index (χ1v) is 8.72. The highest BCUT2D eigenvalue weighted by Crippen LogP contribution is 2.12. The normalized spacial score (nSPS) is 12.3. The first-order valence-electron chi connectivity index (χ1n) is 7.64. The summed E-state index contributed by atoms with van der Waals surface area (Å²) in [4.78, 5) is 4.20. The van der Waals surface area contributed by atoms with Crippen molar-refractivity contribution in [2.24, 2.45) is 0 Å². The van der Waals surface area contributed by atoms with Crippen LogP contribution >= 0.6 is 22.6 Å². The molecule has 3 heteroatoms. The van der Waals surface area contributed by atoms with Crippen molar-refractivity contribution in [3.63, 3.8) is 0 Å². The Kier molecular flexibility index (Phi) is 7.16. The molecule has 2 rings (SSSR count). The number of benzene rings is 1. The Bertz CT molecular complexity index is 511. The molecule has 0 bridgehead atoms. The molecule has 0 spiro atoms. The van der Waals surface area contributed by atoms with Crippen molar-refractivity contribution in [1.29, 1.82) is 0 Å². The number of nitrogens with zero attached hydrogens (tertiary/aromatic N) is 1. The van der Waals surface area contributed by atoms with Crippen LogP contribution in [-0.2, 0) is 12.8 Å². The van der Waals surface area contributed by atoms with Crippen LogP contribution in [0.5, 0.6) is 0 Å². The zero-order valence-electron chi connectivity index (χ0n) is 12.6. The third-order valence-corrected chi connectivity index (χ3v) is 4.30. The number of aromatic nitrogens is 1. The van der Waals surface area contributed by atoms with Gasteiger partial charge >= 0.3 is 0 Å². The Hall–Kier alpha value is -0.940. The SMILES string of the molecule is CCCNC(CCc1cccnc1)Cc1ccc(I)cc1. The molecule has 0 aliphatic carbocycles. The van der Waals surface area contributed by atoms with Gasteiger partial charge in [0.2, 0.25) is 0 Å². The van der Waals surface area contributed by atoms with Crippen LogP contribution in [0.2, 0.25) is 0 Å². The number of hydrogen-bond acceptors (Lipinski definition) is 2. The summed E-state index contributed by atoms with van der Waals surface area (Å²) in [5.41, 5.74) is 2.73. The molecular weight excluding hydrogens is 371 g/mol. The predicted octanol–water partition coefficient (Wildman–Crippen LogP) is 4.23. The van der Waals surface area contributed by atoms with E-state index in [1.165, 1.54) is 21.1 Å². The molecule has 0 saturated carbocycles. The lowest BCUT2D eigenvalue weighted by Crippen LogP contribution is -2.32. The van der Waals surface area contributed by atoms with Crippen LogP contribution in [0.25, 0.3) is 0 Å². The van der Waals surface area contributed by atoms with E-state index in [1.807, 2.05) is 18.5 Å². The lowest BCUT2D eigenvalue weighted by molar-refractivity contribution is 0.477. The Morgan fingerprint density at radius 2 is 1.95 bits per heavy atom. The second-order valence-electron chi connectivity index (χ2n) is 5.38. The Morgan fingerprint density at radius 1 is 1.14 bits per heavy atom. The van der Waals surface area contributed by atoms with Gasteiger partial charge in [-0.15, -0.1) is 0 Å². The maximum Gasteiger partial charge on any atom is 0.0299 e. The molecule has 1 aromatic heterocycles. The fourth-order valence-electron chi connectivity index (χ4n) is 2.42. The summed E-state index contributed by atoms with van der Waals surface area (Å²) in [6.45, 7) is 3.30. The first kappa shape index (κ1) is 16.4. The second kappa shape index (κ2) is 9.15. The van der Waals surface area contributed by atoms with Crippen molar-refractivity contribution in [2.45, 2.75) is 38.6 Å². The summed E-state index contributed by atoms with van der Waals surface area (Å²) in [5.74, 6) is 0. The number of aryl methyl sites for hydroxylation is 1. The van der Waals surface area contributed by atoms with Gasteiger partial charge in [-0.25, -0.2) is 0 Å². The van der Waals surface area contributed by atoms with Crippen LogP contribution in [0.4, 0.5) is 0 Å². The molecule has 1 atom stereocenters. The van der Waals surface area contributed by atoms with Gasteiger partial charge in [0.1, 0.15) is 0 Å². The topological polar surface area (TPSA) is 24.9 Å². The molecule has 0 aliphatic heterocycles. The molecule has 2 aromatic rings. The fourth-order valence-corrected chi connectivity index (χ4v) is 2.78. The summed E-state index contributed by atoms with van der Waals surface area (Å²) in [6, 6.07) is 13.6. The molecule has 0 fully saturated rings. The molecule has 1 unspecified atom stereocenters. The van der Waals surface area contributed by atoms with E-state index in [-0.39, 0.29) is 0 Å². The van der Waals surface area contributed by atoms with E-state index in [0.717, 1.165) is 25.8 Å². The molecule has 1 heterocycles. The first-order chi connectivity index (χ1) is 10.3. The highest BCUT2D eigenvalue weighted by atomic mass is 127. The summed E-state index contributed by atoms with van der Waals surface area (Å²) >= 11 is 2.35. The van der Waals surface area contributed by atoms with E-state index in [4.69, 9.17) is 0 Å². The van der Waals surface area contributed by atoms with Crippen molar-refractivity contribution >= 4 is 22.6 Å². The fraction of sp³-hybridized carbons (Fsp3) is 0.389. The average molecular weight is 394 g/mol. The standard InChI is InChI=1S/C18H23IN2/c1-2-11-21-18(10-7-16-4-3-12-20-14-16)13-15-5-8-17(19)9-6-15/h3-6,8-9,12,14,18,21H,2,7,10-11,13H2,1H3. The maximum atomic E-state index is 4.20. The zero-order chi connectivity index (χ0) is 14.9. The van der Waals surface area contributed by atoms with Crippen molar-refractivity contribution in [2.75, 3.05) is 6.54 Å². The Morgan fingerprint density at radius 3 is 2.62 bits per heavy atom. The van der Waals surface area contributed by atoms with Gasteiger partial charge < -0.3 is 5.32 Å². The predicted molar refractivity (Wildman–Crippen MR) is 97.5 cm³/mol. The molecule has 1 N–H and O–H groups in total. The molecule has 0 amide bonds. The van der Waals surface area contributed by atoms with E-state index < -0.39 is 0 Å². The van der Waals surface area contributed by atoms with Crippen molar-refractivity contribution < 1.29 is 0 Å². The van der Waals surface area contributed by atoms with E-state index in [1.54, 1.807) is 0 Å². The van der Waals surface area contributed by atoms with E-state index in [0.29, 0.717) is 6.04 Å². The number of rotatable bonds is 8. The second-order valence-corrected chi connectivity index (χ2v) is 6.63. The highest BCUT2D eigenvalue weighted by molar-refractivity contribution is 14.1. The van der Waals surface area contributed by atoms with Gasteiger partial charge in [0, 0.05) is 22.0 Å². The Balaban J connectivity index is 1.92. The lowest BCUT2D eigenvalue weighted by atomic mass is 9.99. The largest absolute Gasteiger partial charge is 0.314 e. The van der Waals surface area contributed by atoms with Crippen molar-refractivity contribution in [1.82, 2.24) is 10.3 Å². The minimum absolute atomic E-state index is 0.533. The Labute approximate surface area is 141 Å². The summed E-state index contributed by atoms with van der Waals surface area (Å²) < 4.78 is 1.30. The third kappa shape index (κ3) is 6.14. The molecule has 112 valence electrons. The maximum absolute atomic E-state index is 4.20. The van der Waals surface area contributed by atoms with Crippen LogP contribution in [0.15, 0.2) is 48.8 Å². The molecule has 0 saturated heterocycles. The van der Waals surface area contributed by atoms with Crippen LogP contribution in [-0.4, -0.2) is 17.6 Å². The van der Waals surface area contributed by atoms with E-state index in [2.05, 4.69) is 70.1 Å². The van der Waals surface area contributed by atoms with Gasteiger partial charge in [-0.1, -0.05) is 25.1 Å². The molecule has 21 heavy (non-hydrogen) atoms. The summed E-state index contributed by atoms with van der Waals surface area (Å²) in [7, 11) is 0. The number of nitrogens with one attached hydrogen (secondary N) is 1. The number of hydrogen-bond donors (Lipinski definition) is 1. The summed E-state index contributed by atoms with van der Waals surface area (Å²) in [6.07, 6.45) is 8.31.